The second kappa shape index (κ2) is 12.8. The highest BCUT2D eigenvalue weighted by atomic mass is 16.5. The van der Waals surface area contributed by atoms with Crippen molar-refractivity contribution >= 4 is 22.7 Å². The van der Waals surface area contributed by atoms with Crippen molar-refractivity contribution < 1.29 is 9.53 Å². The molecule has 35 heavy (non-hydrogen) atoms. The number of fused-ring (bicyclic) bond motifs is 1. The molecular weight excluding hydrogens is 434 g/mol. The Morgan fingerprint density at radius 3 is 2.34 bits per heavy atom. The van der Waals surface area contributed by atoms with Crippen molar-refractivity contribution in [2.45, 2.75) is 85.8 Å². The summed E-state index contributed by atoms with van der Waals surface area (Å²) in [5.74, 6) is 1.25. The summed E-state index contributed by atoms with van der Waals surface area (Å²) < 4.78 is 8.01. The Morgan fingerprint density at radius 1 is 1.06 bits per heavy atom. The number of para-hydroxylation sites is 2. The molecule has 4 rings (SSSR count). The number of nitrogens with zero attached hydrogens (tertiary/aromatic N) is 3. The minimum absolute atomic E-state index is 0.0280. The molecule has 3 atom stereocenters. The normalized spacial score (nSPS) is 18.5. The first-order chi connectivity index (χ1) is 16.9. The van der Waals surface area contributed by atoms with Gasteiger partial charge in [0.25, 0.3) is 0 Å². The number of hydrogen-bond acceptors (Lipinski definition) is 4. The van der Waals surface area contributed by atoms with Crippen LogP contribution in [0.1, 0.15) is 79.7 Å². The zero-order valence-electron chi connectivity index (χ0n) is 22.5. The predicted octanol–water partition coefficient (Wildman–Crippen LogP) is 7.65. The molecule has 1 heterocycles. The van der Waals surface area contributed by atoms with E-state index in [-0.39, 0.29) is 12.1 Å². The Balaban J connectivity index is 0.00000108. The molecule has 0 aliphatic heterocycles. The molecule has 1 aliphatic carbocycles. The van der Waals surface area contributed by atoms with E-state index in [9.17, 15) is 4.79 Å². The summed E-state index contributed by atoms with van der Waals surface area (Å²) in [6, 6.07) is 16.0. The number of esters is 1. The van der Waals surface area contributed by atoms with Crippen LogP contribution in [0, 0.1) is 5.92 Å². The average Bonchev–Trinajstić information content (AvgIpc) is 3.25. The number of ether oxygens (including phenoxy) is 1. The summed E-state index contributed by atoms with van der Waals surface area (Å²) in [5, 5.41) is 0. The van der Waals surface area contributed by atoms with Crippen LogP contribution in [0.3, 0.4) is 0 Å². The van der Waals surface area contributed by atoms with Crippen LogP contribution in [0.5, 0.6) is 0 Å². The molecule has 5 heteroatoms. The fourth-order valence-electron chi connectivity index (χ4n) is 4.90. The van der Waals surface area contributed by atoms with Crippen LogP contribution in [-0.4, -0.2) is 34.7 Å². The lowest BCUT2D eigenvalue weighted by molar-refractivity contribution is -0.154. The van der Waals surface area contributed by atoms with Gasteiger partial charge in [-0.1, -0.05) is 45.7 Å². The van der Waals surface area contributed by atoms with Gasteiger partial charge in [-0.2, -0.15) is 0 Å². The van der Waals surface area contributed by atoms with E-state index >= 15 is 0 Å². The molecule has 1 unspecified atom stereocenters. The summed E-state index contributed by atoms with van der Waals surface area (Å²) in [7, 11) is 0. The van der Waals surface area contributed by atoms with Gasteiger partial charge in [0.05, 0.1) is 11.0 Å². The van der Waals surface area contributed by atoms with Gasteiger partial charge in [-0.25, -0.2) is 9.78 Å². The molecule has 0 amide bonds. The van der Waals surface area contributed by atoms with E-state index in [1.165, 1.54) is 18.5 Å². The SMILES string of the molecule is CCC.CCN(CC)c1ccc(-c2nc3ccccc3n2[C@H](C)C(=O)OC2CCC[C@@H](C)C2)cc1. The van der Waals surface area contributed by atoms with Gasteiger partial charge >= 0.3 is 5.97 Å². The molecule has 5 nitrogen and oxygen atoms in total. The smallest absolute Gasteiger partial charge is 0.329 e. The van der Waals surface area contributed by atoms with Crippen LogP contribution >= 0.6 is 0 Å². The molecule has 2 aromatic carbocycles. The standard InChI is InChI=1S/C27H35N3O2.C3H8/c1-5-29(6-2)22-16-14-21(15-17-22)26-28-24-12-7-8-13-25(24)30(26)20(4)27(31)32-23-11-9-10-19(3)18-23;1-3-2/h7-8,12-17,19-20,23H,5-6,9-11,18H2,1-4H3;3H2,1-2H3/t19-,20-,23?;/m1./s1. The van der Waals surface area contributed by atoms with E-state index in [4.69, 9.17) is 9.72 Å². The maximum absolute atomic E-state index is 13.2. The van der Waals surface area contributed by atoms with Gasteiger partial charge in [0, 0.05) is 24.3 Å². The lowest BCUT2D eigenvalue weighted by atomic mass is 9.89. The summed E-state index contributed by atoms with van der Waals surface area (Å²) in [6.07, 6.45) is 5.56. The third-order valence-corrected chi connectivity index (χ3v) is 6.75. The van der Waals surface area contributed by atoms with Gasteiger partial charge in [0.1, 0.15) is 18.0 Å². The van der Waals surface area contributed by atoms with Gasteiger partial charge in [-0.15, -0.1) is 0 Å². The highest BCUT2D eigenvalue weighted by molar-refractivity contribution is 5.85. The molecule has 0 bridgehead atoms. The van der Waals surface area contributed by atoms with Crippen LogP contribution in [0.15, 0.2) is 48.5 Å². The Labute approximate surface area is 211 Å². The van der Waals surface area contributed by atoms with Crippen molar-refractivity contribution in [2.24, 2.45) is 5.92 Å². The van der Waals surface area contributed by atoms with E-state index in [2.05, 4.69) is 63.8 Å². The number of imidazole rings is 1. The molecule has 1 saturated carbocycles. The third kappa shape index (κ3) is 6.45. The lowest BCUT2D eigenvalue weighted by Gasteiger charge is -2.28. The second-order valence-electron chi connectivity index (χ2n) is 9.73. The molecule has 1 aliphatic rings. The fraction of sp³-hybridized carbons (Fsp3) is 0.533. The Kier molecular flexibility index (Phi) is 9.76. The number of rotatable bonds is 7. The van der Waals surface area contributed by atoms with Crippen LogP contribution in [-0.2, 0) is 9.53 Å². The average molecular weight is 478 g/mol. The Morgan fingerprint density at radius 2 is 1.71 bits per heavy atom. The van der Waals surface area contributed by atoms with Crippen LogP contribution in [0.4, 0.5) is 5.69 Å². The van der Waals surface area contributed by atoms with Crippen LogP contribution in [0.2, 0.25) is 0 Å². The summed E-state index contributed by atoms with van der Waals surface area (Å²) in [6.45, 7) is 14.7. The van der Waals surface area contributed by atoms with E-state index in [1.54, 1.807) is 0 Å². The minimum Gasteiger partial charge on any atom is -0.461 e. The number of hydrogen-bond donors (Lipinski definition) is 0. The van der Waals surface area contributed by atoms with Crippen molar-refractivity contribution in [3.63, 3.8) is 0 Å². The van der Waals surface area contributed by atoms with Gasteiger partial charge in [0.15, 0.2) is 0 Å². The molecule has 1 aromatic heterocycles. The molecule has 3 aromatic rings. The molecular formula is C30H43N3O2. The molecule has 0 N–H and O–H groups in total. The number of anilines is 1. The summed E-state index contributed by atoms with van der Waals surface area (Å²) in [5.41, 5.74) is 4.04. The topological polar surface area (TPSA) is 47.4 Å². The van der Waals surface area contributed by atoms with Crippen molar-refractivity contribution in [1.82, 2.24) is 9.55 Å². The number of benzene rings is 2. The zero-order valence-corrected chi connectivity index (χ0v) is 22.5. The van der Waals surface area contributed by atoms with Gasteiger partial charge in [0.2, 0.25) is 0 Å². The number of carbonyl (C=O) groups excluding carboxylic acids is 1. The highest BCUT2D eigenvalue weighted by Crippen LogP contribution is 2.32. The van der Waals surface area contributed by atoms with Gasteiger partial charge in [-0.3, -0.25) is 0 Å². The summed E-state index contributed by atoms with van der Waals surface area (Å²) in [4.78, 5) is 20.4. The van der Waals surface area contributed by atoms with Crippen molar-refractivity contribution in [2.75, 3.05) is 18.0 Å². The largest absolute Gasteiger partial charge is 0.461 e. The molecule has 0 saturated heterocycles. The maximum atomic E-state index is 13.2. The molecule has 1 fully saturated rings. The lowest BCUT2D eigenvalue weighted by Crippen LogP contribution is -2.28. The van der Waals surface area contributed by atoms with Crippen LogP contribution < -0.4 is 4.90 Å². The zero-order chi connectivity index (χ0) is 25.4. The molecule has 0 spiro atoms. The quantitative estimate of drug-likeness (QED) is 0.328. The van der Waals surface area contributed by atoms with Gasteiger partial charge in [-0.05, 0) is 82.3 Å². The first kappa shape index (κ1) is 26.8. The summed E-state index contributed by atoms with van der Waals surface area (Å²) >= 11 is 0. The van der Waals surface area contributed by atoms with E-state index in [0.29, 0.717) is 5.92 Å². The van der Waals surface area contributed by atoms with E-state index in [0.717, 1.165) is 54.8 Å². The minimum atomic E-state index is -0.447. The van der Waals surface area contributed by atoms with Crippen molar-refractivity contribution in [3.05, 3.63) is 48.5 Å². The third-order valence-electron chi connectivity index (χ3n) is 6.75. The monoisotopic (exact) mass is 477 g/mol. The second-order valence-corrected chi connectivity index (χ2v) is 9.73. The number of carbonyl (C=O) groups is 1. The highest BCUT2D eigenvalue weighted by Gasteiger charge is 2.28. The number of aromatic nitrogens is 2. The predicted molar refractivity (Wildman–Crippen MR) is 147 cm³/mol. The van der Waals surface area contributed by atoms with Crippen molar-refractivity contribution in [3.8, 4) is 11.4 Å². The fourth-order valence-corrected chi connectivity index (χ4v) is 4.90. The van der Waals surface area contributed by atoms with E-state index < -0.39 is 6.04 Å². The van der Waals surface area contributed by atoms with Gasteiger partial charge < -0.3 is 14.2 Å². The maximum Gasteiger partial charge on any atom is 0.329 e. The first-order valence-electron chi connectivity index (χ1n) is 13.5. The Hall–Kier alpha value is -2.82. The Bertz CT molecular complexity index is 1070. The first-order valence-corrected chi connectivity index (χ1v) is 13.5. The van der Waals surface area contributed by atoms with Crippen molar-refractivity contribution in [1.29, 1.82) is 0 Å². The van der Waals surface area contributed by atoms with E-state index in [1.807, 2.05) is 35.8 Å². The molecule has 190 valence electrons. The molecule has 0 radical (unpaired) electrons. The van der Waals surface area contributed by atoms with Crippen LogP contribution in [0.25, 0.3) is 22.4 Å².